The third-order valence-electron chi connectivity index (χ3n) is 5.62. The lowest BCUT2D eigenvalue weighted by Crippen LogP contribution is -2.20. The smallest absolute Gasteiger partial charge is 0.194 e. The second kappa shape index (κ2) is 7.06. The van der Waals surface area contributed by atoms with Gasteiger partial charge in [0.25, 0.3) is 0 Å². The van der Waals surface area contributed by atoms with Crippen LogP contribution in [0.5, 0.6) is 0 Å². The number of hydrogen-bond acceptors (Lipinski definition) is 1. The molecular weight excluding hydrogens is 301 g/mol. The largest absolute Gasteiger partial charge is 0.299 e. The highest BCUT2D eigenvalue weighted by Crippen LogP contribution is 2.39. The van der Waals surface area contributed by atoms with Crippen LogP contribution < -0.4 is 0 Å². The summed E-state index contributed by atoms with van der Waals surface area (Å²) < 4.78 is 39.8. The summed E-state index contributed by atoms with van der Waals surface area (Å²) in [6.45, 7) is 0. The Balaban J connectivity index is 1.55. The molecule has 0 unspecified atom stereocenters. The number of rotatable bonds is 4. The standard InChI is InChI=1S/C19H23F3O/c20-16-10-15(11-17(21)19(16)22)13-7-5-12(6-8-13)9-18(23)14-3-1-2-4-14/h10-14H,1-9H2. The van der Waals surface area contributed by atoms with Gasteiger partial charge in [0.2, 0.25) is 0 Å². The van der Waals surface area contributed by atoms with Crippen LogP contribution in [0.3, 0.4) is 0 Å². The van der Waals surface area contributed by atoms with Crippen LogP contribution in [0.4, 0.5) is 13.2 Å². The third-order valence-corrected chi connectivity index (χ3v) is 5.62. The summed E-state index contributed by atoms with van der Waals surface area (Å²) >= 11 is 0. The Morgan fingerprint density at radius 2 is 1.48 bits per heavy atom. The quantitative estimate of drug-likeness (QED) is 0.666. The minimum absolute atomic E-state index is 0.0671. The van der Waals surface area contributed by atoms with Gasteiger partial charge in [-0.1, -0.05) is 12.8 Å². The summed E-state index contributed by atoms with van der Waals surface area (Å²) in [6, 6.07) is 2.24. The van der Waals surface area contributed by atoms with E-state index in [1.54, 1.807) is 0 Å². The zero-order valence-electron chi connectivity index (χ0n) is 13.3. The van der Waals surface area contributed by atoms with Gasteiger partial charge in [0.05, 0.1) is 0 Å². The highest BCUT2D eigenvalue weighted by molar-refractivity contribution is 5.81. The van der Waals surface area contributed by atoms with E-state index in [4.69, 9.17) is 0 Å². The van der Waals surface area contributed by atoms with Crippen molar-refractivity contribution in [2.45, 2.75) is 63.7 Å². The number of hydrogen-bond donors (Lipinski definition) is 0. The van der Waals surface area contributed by atoms with Gasteiger partial charge in [0, 0.05) is 12.3 Å². The van der Waals surface area contributed by atoms with Gasteiger partial charge in [-0.15, -0.1) is 0 Å². The van der Waals surface area contributed by atoms with Gasteiger partial charge in [-0.3, -0.25) is 4.79 Å². The van der Waals surface area contributed by atoms with Gasteiger partial charge in [-0.25, -0.2) is 13.2 Å². The van der Waals surface area contributed by atoms with E-state index in [1.165, 1.54) is 12.8 Å². The van der Waals surface area contributed by atoms with E-state index in [-0.39, 0.29) is 11.8 Å². The molecule has 1 aromatic rings. The monoisotopic (exact) mass is 324 g/mol. The molecule has 0 spiro atoms. The molecule has 0 atom stereocenters. The Kier molecular flexibility index (Phi) is 5.08. The number of halogens is 3. The molecule has 3 rings (SSSR count). The van der Waals surface area contributed by atoms with E-state index < -0.39 is 17.5 Å². The second-order valence-electron chi connectivity index (χ2n) is 7.17. The molecule has 23 heavy (non-hydrogen) atoms. The van der Waals surface area contributed by atoms with E-state index in [9.17, 15) is 18.0 Å². The van der Waals surface area contributed by atoms with Crippen molar-refractivity contribution in [3.05, 3.63) is 35.1 Å². The van der Waals surface area contributed by atoms with Crippen LogP contribution in [0.1, 0.15) is 69.3 Å². The Labute approximate surface area is 135 Å². The molecule has 0 saturated heterocycles. The molecule has 0 amide bonds. The Bertz CT molecular complexity index is 547. The van der Waals surface area contributed by atoms with Gasteiger partial charge in [-0.05, 0) is 68.1 Å². The van der Waals surface area contributed by atoms with Crippen LogP contribution >= 0.6 is 0 Å². The Hall–Kier alpha value is -1.32. The molecule has 2 fully saturated rings. The molecule has 0 radical (unpaired) electrons. The fourth-order valence-electron chi connectivity index (χ4n) is 4.21. The first-order chi connectivity index (χ1) is 11.0. The summed E-state index contributed by atoms with van der Waals surface area (Å²) in [5.41, 5.74) is 0.543. The van der Waals surface area contributed by atoms with E-state index in [0.29, 0.717) is 23.7 Å². The van der Waals surface area contributed by atoms with E-state index >= 15 is 0 Å². The van der Waals surface area contributed by atoms with Crippen molar-refractivity contribution < 1.29 is 18.0 Å². The molecule has 1 aromatic carbocycles. The number of Topliss-reactive ketones (excluding diaryl/α,β-unsaturated/α-hetero) is 1. The minimum Gasteiger partial charge on any atom is -0.299 e. The first-order valence-corrected chi connectivity index (χ1v) is 8.71. The van der Waals surface area contributed by atoms with Crippen LogP contribution in [-0.4, -0.2) is 5.78 Å². The Morgan fingerprint density at radius 1 is 0.913 bits per heavy atom. The van der Waals surface area contributed by atoms with E-state index in [2.05, 4.69) is 0 Å². The number of carbonyl (C=O) groups excluding carboxylic acids is 1. The molecule has 2 saturated carbocycles. The lowest BCUT2D eigenvalue weighted by Gasteiger charge is -2.29. The lowest BCUT2D eigenvalue weighted by molar-refractivity contribution is -0.123. The Morgan fingerprint density at radius 3 is 2.04 bits per heavy atom. The van der Waals surface area contributed by atoms with E-state index in [0.717, 1.165) is 50.7 Å². The van der Waals surface area contributed by atoms with Crippen molar-refractivity contribution in [1.82, 2.24) is 0 Å². The molecule has 0 N–H and O–H groups in total. The van der Waals surface area contributed by atoms with Crippen molar-refractivity contribution in [3.8, 4) is 0 Å². The maximum absolute atomic E-state index is 13.4. The molecular formula is C19H23F3O. The zero-order valence-corrected chi connectivity index (χ0v) is 13.3. The molecule has 1 nitrogen and oxygen atoms in total. The average Bonchev–Trinajstić information content (AvgIpc) is 3.07. The summed E-state index contributed by atoms with van der Waals surface area (Å²) in [6.07, 6.45) is 8.53. The minimum atomic E-state index is -1.40. The van der Waals surface area contributed by atoms with Gasteiger partial charge in [0.15, 0.2) is 17.5 Å². The predicted molar refractivity (Wildman–Crippen MR) is 82.6 cm³/mol. The molecule has 0 bridgehead atoms. The average molecular weight is 324 g/mol. The summed E-state index contributed by atoms with van der Waals surface area (Å²) in [4.78, 5) is 12.3. The van der Waals surface area contributed by atoms with Crippen LogP contribution in [-0.2, 0) is 4.79 Å². The van der Waals surface area contributed by atoms with Gasteiger partial charge in [-0.2, -0.15) is 0 Å². The van der Waals surface area contributed by atoms with Crippen molar-refractivity contribution in [2.24, 2.45) is 11.8 Å². The fraction of sp³-hybridized carbons (Fsp3) is 0.632. The maximum atomic E-state index is 13.4. The molecule has 2 aliphatic carbocycles. The van der Waals surface area contributed by atoms with Gasteiger partial charge < -0.3 is 0 Å². The SMILES string of the molecule is O=C(CC1CCC(c2cc(F)c(F)c(F)c2)CC1)C1CCCC1. The lowest BCUT2D eigenvalue weighted by atomic mass is 9.76. The number of ketones is 1. The zero-order chi connectivity index (χ0) is 16.4. The highest BCUT2D eigenvalue weighted by atomic mass is 19.2. The van der Waals surface area contributed by atoms with Crippen LogP contribution in [0.25, 0.3) is 0 Å². The maximum Gasteiger partial charge on any atom is 0.194 e. The molecule has 4 heteroatoms. The number of carbonyl (C=O) groups is 1. The first kappa shape index (κ1) is 16.5. The van der Waals surface area contributed by atoms with Crippen LogP contribution in [0.2, 0.25) is 0 Å². The summed E-state index contributed by atoms with van der Waals surface area (Å²) in [5.74, 6) is -2.48. The fourth-order valence-corrected chi connectivity index (χ4v) is 4.21. The predicted octanol–water partition coefficient (Wildman–Crippen LogP) is 5.53. The van der Waals surface area contributed by atoms with Crippen molar-refractivity contribution >= 4 is 5.78 Å². The normalized spacial score (nSPS) is 25.7. The molecule has 0 aromatic heterocycles. The van der Waals surface area contributed by atoms with Crippen LogP contribution in [0, 0.1) is 29.3 Å². The van der Waals surface area contributed by atoms with Crippen molar-refractivity contribution in [2.75, 3.05) is 0 Å². The third kappa shape index (κ3) is 3.78. The molecule has 126 valence electrons. The van der Waals surface area contributed by atoms with E-state index in [1.807, 2.05) is 0 Å². The molecule has 0 heterocycles. The first-order valence-electron chi connectivity index (χ1n) is 8.71. The summed E-state index contributed by atoms with van der Waals surface area (Å²) in [7, 11) is 0. The summed E-state index contributed by atoms with van der Waals surface area (Å²) in [5, 5.41) is 0. The highest BCUT2D eigenvalue weighted by Gasteiger charge is 2.29. The van der Waals surface area contributed by atoms with Crippen LogP contribution in [0.15, 0.2) is 12.1 Å². The number of benzene rings is 1. The van der Waals surface area contributed by atoms with Crippen molar-refractivity contribution in [1.29, 1.82) is 0 Å². The van der Waals surface area contributed by atoms with Crippen molar-refractivity contribution in [3.63, 3.8) is 0 Å². The molecule has 2 aliphatic rings. The topological polar surface area (TPSA) is 17.1 Å². The second-order valence-corrected chi connectivity index (χ2v) is 7.17. The molecule has 0 aliphatic heterocycles. The van der Waals surface area contributed by atoms with Gasteiger partial charge in [0.1, 0.15) is 5.78 Å². The van der Waals surface area contributed by atoms with Gasteiger partial charge >= 0.3 is 0 Å².